The molecule has 0 aliphatic heterocycles. The fourth-order valence-electron chi connectivity index (χ4n) is 1.57. The molecule has 0 radical (unpaired) electrons. The van der Waals surface area contributed by atoms with Gasteiger partial charge in [0.05, 0.1) is 5.52 Å². The van der Waals surface area contributed by atoms with Crippen LogP contribution in [-0.4, -0.2) is 4.57 Å². The maximum atomic E-state index is 13.1. The highest BCUT2D eigenvalue weighted by Gasteiger charge is 2.06. The first-order chi connectivity index (χ1) is 7.13. The second kappa shape index (κ2) is 3.70. The van der Waals surface area contributed by atoms with E-state index in [0.29, 0.717) is 22.0 Å². The van der Waals surface area contributed by atoms with Crippen molar-refractivity contribution in [2.45, 2.75) is 13.5 Å². The summed E-state index contributed by atoms with van der Waals surface area (Å²) in [6.07, 6.45) is 1.78. The monoisotopic (exact) mass is 225 g/mol. The Kier molecular flexibility index (Phi) is 2.52. The number of nitrogens with zero attached hydrogens (tertiary/aromatic N) is 1. The lowest BCUT2D eigenvalue weighted by Gasteiger charge is -2.08. The summed E-state index contributed by atoms with van der Waals surface area (Å²) in [5.41, 5.74) is 0.629. The first-order valence-corrected chi connectivity index (χ1v) is 5.02. The molecule has 15 heavy (non-hydrogen) atoms. The van der Waals surface area contributed by atoms with Gasteiger partial charge < -0.3 is 4.57 Å². The largest absolute Gasteiger partial charge is 0.348 e. The van der Waals surface area contributed by atoms with Gasteiger partial charge >= 0.3 is 0 Å². The Morgan fingerprint density at radius 1 is 1.27 bits per heavy atom. The van der Waals surface area contributed by atoms with Crippen molar-refractivity contribution in [2.24, 2.45) is 0 Å². The Morgan fingerprint density at radius 3 is 2.60 bits per heavy atom. The maximum Gasteiger partial charge on any atom is 0.160 e. The zero-order valence-electron chi connectivity index (χ0n) is 8.13. The lowest BCUT2D eigenvalue weighted by Crippen LogP contribution is -1.98. The molecule has 0 saturated heterocycles. The standard InChI is InChI=1S/C11H9F2NS/c1-2-14-4-3-11(15)7-5-8(12)9(13)6-10(7)14/h3-6H,2H2,1H3. The van der Waals surface area contributed by atoms with E-state index in [1.807, 2.05) is 11.5 Å². The number of fused-ring (bicyclic) bond motifs is 1. The predicted octanol–water partition coefficient (Wildman–Crippen LogP) is 3.67. The van der Waals surface area contributed by atoms with E-state index in [2.05, 4.69) is 0 Å². The summed E-state index contributed by atoms with van der Waals surface area (Å²) in [7, 11) is 0. The van der Waals surface area contributed by atoms with Crippen LogP contribution in [0.1, 0.15) is 6.92 Å². The van der Waals surface area contributed by atoms with Crippen LogP contribution in [-0.2, 0) is 6.54 Å². The van der Waals surface area contributed by atoms with E-state index in [1.165, 1.54) is 6.07 Å². The van der Waals surface area contributed by atoms with Gasteiger partial charge in [0.1, 0.15) is 0 Å². The molecule has 1 heterocycles. The molecule has 2 aromatic rings. The SMILES string of the molecule is CCn1ccc(=S)c2cc(F)c(F)cc21. The predicted molar refractivity (Wildman–Crippen MR) is 58.4 cm³/mol. The van der Waals surface area contributed by atoms with E-state index in [0.717, 1.165) is 6.07 Å². The van der Waals surface area contributed by atoms with Crippen LogP contribution < -0.4 is 0 Å². The van der Waals surface area contributed by atoms with Crippen LogP contribution in [0.2, 0.25) is 0 Å². The summed E-state index contributed by atoms with van der Waals surface area (Å²) >= 11 is 5.06. The lowest BCUT2D eigenvalue weighted by atomic mass is 10.2. The number of hydrogen-bond donors (Lipinski definition) is 0. The summed E-state index contributed by atoms with van der Waals surface area (Å²) in [5.74, 6) is -1.70. The van der Waals surface area contributed by atoms with E-state index in [9.17, 15) is 8.78 Å². The van der Waals surface area contributed by atoms with Gasteiger partial charge in [0, 0.05) is 28.7 Å². The molecule has 0 atom stereocenters. The minimum Gasteiger partial charge on any atom is -0.348 e. The molecule has 0 fully saturated rings. The van der Waals surface area contributed by atoms with Crippen molar-refractivity contribution in [3.05, 3.63) is 40.5 Å². The first kappa shape index (κ1) is 10.2. The highest BCUT2D eigenvalue weighted by Crippen LogP contribution is 2.19. The minimum atomic E-state index is -0.859. The number of aryl methyl sites for hydroxylation is 1. The molecule has 2 rings (SSSR count). The number of pyridine rings is 1. The zero-order valence-corrected chi connectivity index (χ0v) is 8.94. The van der Waals surface area contributed by atoms with Gasteiger partial charge in [0.15, 0.2) is 11.6 Å². The van der Waals surface area contributed by atoms with Crippen LogP contribution in [0.25, 0.3) is 10.9 Å². The normalized spacial score (nSPS) is 10.9. The van der Waals surface area contributed by atoms with Crippen LogP contribution in [0.4, 0.5) is 8.78 Å². The van der Waals surface area contributed by atoms with E-state index in [-0.39, 0.29) is 0 Å². The number of hydrogen-bond acceptors (Lipinski definition) is 1. The van der Waals surface area contributed by atoms with Gasteiger partial charge in [0.2, 0.25) is 0 Å². The summed E-state index contributed by atoms with van der Waals surface area (Å²) in [6.45, 7) is 2.63. The molecule has 1 aromatic heterocycles. The molecule has 0 aliphatic carbocycles. The van der Waals surface area contributed by atoms with E-state index < -0.39 is 11.6 Å². The Hall–Kier alpha value is -1.29. The molecule has 0 amide bonds. The van der Waals surface area contributed by atoms with Gasteiger partial charge in [0.25, 0.3) is 0 Å². The Labute approximate surface area is 91.0 Å². The first-order valence-electron chi connectivity index (χ1n) is 4.61. The van der Waals surface area contributed by atoms with Gasteiger partial charge in [-0.3, -0.25) is 0 Å². The summed E-state index contributed by atoms with van der Waals surface area (Å²) in [5, 5.41) is 0.577. The molecule has 78 valence electrons. The highest BCUT2D eigenvalue weighted by molar-refractivity contribution is 7.71. The quantitative estimate of drug-likeness (QED) is 0.670. The van der Waals surface area contributed by atoms with Crippen molar-refractivity contribution in [1.82, 2.24) is 4.57 Å². The van der Waals surface area contributed by atoms with Gasteiger partial charge in [-0.2, -0.15) is 0 Å². The molecule has 0 N–H and O–H groups in total. The highest BCUT2D eigenvalue weighted by atomic mass is 32.1. The summed E-state index contributed by atoms with van der Waals surface area (Å²) in [6, 6.07) is 4.06. The van der Waals surface area contributed by atoms with Gasteiger partial charge in [-0.15, -0.1) is 0 Å². The molecule has 1 aromatic carbocycles. The molecular weight excluding hydrogens is 216 g/mol. The van der Waals surface area contributed by atoms with Crippen molar-refractivity contribution in [2.75, 3.05) is 0 Å². The molecular formula is C11H9F2NS. The van der Waals surface area contributed by atoms with Crippen molar-refractivity contribution in [1.29, 1.82) is 0 Å². The Balaban J connectivity index is 2.95. The lowest BCUT2D eigenvalue weighted by molar-refractivity contribution is 0.510. The second-order valence-corrected chi connectivity index (χ2v) is 3.69. The molecule has 0 unspecified atom stereocenters. The van der Waals surface area contributed by atoms with Crippen LogP contribution in [0.3, 0.4) is 0 Å². The van der Waals surface area contributed by atoms with Crippen molar-refractivity contribution in [3.63, 3.8) is 0 Å². The van der Waals surface area contributed by atoms with E-state index in [4.69, 9.17) is 12.2 Å². The molecule has 0 spiro atoms. The van der Waals surface area contributed by atoms with Crippen LogP contribution >= 0.6 is 12.2 Å². The number of rotatable bonds is 1. The molecule has 0 aliphatic rings. The Bertz CT molecular complexity index is 575. The summed E-state index contributed by atoms with van der Waals surface area (Å²) < 4.78 is 28.5. The zero-order chi connectivity index (χ0) is 11.0. The molecule has 4 heteroatoms. The third kappa shape index (κ3) is 1.65. The minimum absolute atomic E-state index is 0.536. The average molecular weight is 225 g/mol. The molecule has 1 nitrogen and oxygen atoms in total. The smallest absolute Gasteiger partial charge is 0.160 e. The third-order valence-electron chi connectivity index (χ3n) is 2.36. The van der Waals surface area contributed by atoms with Crippen LogP contribution in [0.5, 0.6) is 0 Å². The van der Waals surface area contributed by atoms with Gasteiger partial charge in [-0.05, 0) is 19.1 Å². The fourth-order valence-corrected chi connectivity index (χ4v) is 1.80. The third-order valence-corrected chi connectivity index (χ3v) is 2.72. The van der Waals surface area contributed by atoms with E-state index in [1.54, 1.807) is 12.3 Å². The van der Waals surface area contributed by atoms with Crippen molar-refractivity contribution in [3.8, 4) is 0 Å². The molecule has 0 saturated carbocycles. The molecule has 0 bridgehead atoms. The summed E-state index contributed by atoms with van der Waals surface area (Å²) in [4.78, 5) is 0. The van der Waals surface area contributed by atoms with Gasteiger partial charge in [-0.1, -0.05) is 12.2 Å². The topological polar surface area (TPSA) is 4.93 Å². The van der Waals surface area contributed by atoms with Crippen molar-refractivity contribution >= 4 is 23.1 Å². The number of halogens is 2. The fraction of sp³-hybridized carbons (Fsp3) is 0.182. The van der Waals surface area contributed by atoms with Gasteiger partial charge in [-0.25, -0.2) is 8.78 Å². The second-order valence-electron chi connectivity index (χ2n) is 3.25. The average Bonchev–Trinajstić information content (AvgIpc) is 2.22. The van der Waals surface area contributed by atoms with Crippen LogP contribution in [0, 0.1) is 16.1 Å². The number of aromatic nitrogens is 1. The van der Waals surface area contributed by atoms with Crippen molar-refractivity contribution < 1.29 is 8.78 Å². The maximum absolute atomic E-state index is 13.1. The Morgan fingerprint density at radius 2 is 1.93 bits per heavy atom. The van der Waals surface area contributed by atoms with Crippen LogP contribution in [0.15, 0.2) is 24.4 Å². The number of benzene rings is 1. The van der Waals surface area contributed by atoms with E-state index >= 15 is 0 Å².